The molecule has 0 aliphatic carbocycles. The fourth-order valence-electron chi connectivity index (χ4n) is 4.38. The number of amides is 2. The van der Waals surface area contributed by atoms with E-state index in [1.807, 2.05) is 6.92 Å². The number of aryl methyl sites for hydroxylation is 4. The molecular weight excluding hydrogens is 482 g/mol. The molecule has 0 aliphatic rings. The number of thioether (sulfide) groups is 2. The SMILES string of the molecule is CCSc1cc(C)nc(SCC)c1NC(=O)NCC(CCCc1ccccc1)c1cc(C)ccc1C. The molecule has 0 fully saturated rings. The van der Waals surface area contributed by atoms with Crippen molar-refractivity contribution in [3.63, 3.8) is 0 Å². The lowest BCUT2D eigenvalue weighted by Crippen LogP contribution is -2.33. The van der Waals surface area contributed by atoms with Gasteiger partial charge in [-0.25, -0.2) is 9.78 Å². The van der Waals surface area contributed by atoms with Crippen molar-refractivity contribution in [3.8, 4) is 0 Å². The predicted octanol–water partition coefficient (Wildman–Crippen LogP) is 8.16. The molecule has 2 N–H and O–H groups in total. The second-order valence-corrected chi connectivity index (χ2v) is 11.6. The largest absolute Gasteiger partial charge is 0.337 e. The van der Waals surface area contributed by atoms with Gasteiger partial charge in [0.2, 0.25) is 0 Å². The molecule has 1 atom stereocenters. The molecule has 0 saturated carbocycles. The number of pyridine rings is 1. The van der Waals surface area contributed by atoms with Crippen LogP contribution in [0.3, 0.4) is 0 Å². The third kappa shape index (κ3) is 8.31. The smallest absolute Gasteiger partial charge is 0.319 e. The van der Waals surface area contributed by atoms with Crippen LogP contribution in [0, 0.1) is 20.8 Å². The number of aromatic nitrogens is 1. The van der Waals surface area contributed by atoms with E-state index in [1.165, 1.54) is 22.3 Å². The summed E-state index contributed by atoms with van der Waals surface area (Å²) in [5, 5.41) is 7.21. The van der Waals surface area contributed by atoms with Crippen molar-refractivity contribution in [2.24, 2.45) is 0 Å². The molecule has 3 rings (SSSR count). The van der Waals surface area contributed by atoms with E-state index in [4.69, 9.17) is 4.98 Å². The minimum absolute atomic E-state index is 0.171. The van der Waals surface area contributed by atoms with Crippen LogP contribution in [0.15, 0.2) is 64.5 Å². The Bertz CT molecular complexity index is 1110. The van der Waals surface area contributed by atoms with Gasteiger partial charge in [-0.2, -0.15) is 0 Å². The van der Waals surface area contributed by atoms with Crippen LogP contribution < -0.4 is 10.6 Å². The Labute approximate surface area is 225 Å². The fraction of sp³-hybridized carbons (Fsp3) is 0.400. The summed E-state index contributed by atoms with van der Waals surface area (Å²) in [5.74, 6) is 2.09. The van der Waals surface area contributed by atoms with Crippen LogP contribution in [0.4, 0.5) is 10.5 Å². The second kappa shape index (κ2) is 14.3. The molecule has 4 nitrogen and oxygen atoms in total. The molecule has 0 radical (unpaired) electrons. The van der Waals surface area contributed by atoms with Gasteiger partial charge in [0.25, 0.3) is 0 Å². The first-order valence-corrected chi connectivity index (χ1v) is 14.8. The topological polar surface area (TPSA) is 54.0 Å². The number of anilines is 1. The molecule has 36 heavy (non-hydrogen) atoms. The first kappa shape index (κ1) is 28.1. The number of rotatable bonds is 12. The van der Waals surface area contributed by atoms with Gasteiger partial charge in [0, 0.05) is 23.1 Å². The minimum Gasteiger partial charge on any atom is -0.337 e. The number of nitrogens with zero attached hydrogens (tertiary/aromatic N) is 1. The van der Waals surface area contributed by atoms with Gasteiger partial charge < -0.3 is 10.6 Å². The summed E-state index contributed by atoms with van der Waals surface area (Å²) < 4.78 is 0. The minimum atomic E-state index is -0.171. The maximum absolute atomic E-state index is 13.1. The Hall–Kier alpha value is -2.44. The second-order valence-electron chi connectivity index (χ2n) is 9.08. The summed E-state index contributed by atoms with van der Waals surface area (Å²) in [5.41, 5.74) is 7.01. The fourth-order valence-corrected chi connectivity index (χ4v) is 6.09. The Kier molecular flexibility index (Phi) is 11.2. The van der Waals surface area contributed by atoms with Gasteiger partial charge in [-0.3, -0.25) is 0 Å². The molecule has 0 bridgehead atoms. The van der Waals surface area contributed by atoms with Gasteiger partial charge in [-0.1, -0.05) is 67.9 Å². The zero-order valence-corrected chi connectivity index (χ0v) is 23.8. The van der Waals surface area contributed by atoms with Crippen LogP contribution >= 0.6 is 23.5 Å². The van der Waals surface area contributed by atoms with Crippen LogP contribution in [0.25, 0.3) is 0 Å². The Morgan fingerprint density at radius 2 is 1.72 bits per heavy atom. The molecule has 2 aromatic carbocycles. The maximum atomic E-state index is 13.1. The number of benzene rings is 2. The highest BCUT2D eigenvalue weighted by atomic mass is 32.2. The Balaban J connectivity index is 1.73. The van der Waals surface area contributed by atoms with Gasteiger partial charge in [0.15, 0.2) is 0 Å². The van der Waals surface area contributed by atoms with Crippen LogP contribution in [-0.2, 0) is 6.42 Å². The van der Waals surface area contributed by atoms with E-state index in [2.05, 4.69) is 92.9 Å². The monoisotopic (exact) mass is 521 g/mol. The van der Waals surface area contributed by atoms with Gasteiger partial charge in [0.1, 0.15) is 5.03 Å². The molecule has 0 spiro atoms. The summed E-state index contributed by atoms with van der Waals surface area (Å²) in [4.78, 5) is 18.9. The van der Waals surface area contributed by atoms with E-state index in [0.717, 1.165) is 52.1 Å². The molecule has 3 aromatic rings. The molecule has 2 amide bonds. The third-order valence-electron chi connectivity index (χ3n) is 6.14. The molecule has 0 aliphatic heterocycles. The van der Waals surface area contributed by atoms with E-state index in [9.17, 15) is 4.79 Å². The number of carbonyl (C=O) groups is 1. The molecule has 1 unspecified atom stereocenters. The lowest BCUT2D eigenvalue weighted by atomic mass is 9.88. The first-order chi connectivity index (χ1) is 17.4. The molecule has 0 saturated heterocycles. The van der Waals surface area contributed by atoms with E-state index in [1.54, 1.807) is 23.5 Å². The average Bonchev–Trinajstić information content (AvgIpc) is 2.86. The van der Waals surface area contributed by atoms with Crippen LogP contribution in [-0.4, -0.2) is 29.1 Å². The van der Waals surface area contributed by atoms with Crippen LogP contribution in [0.5, 0.6) is 0 Å². The van der Waals surface area contributed by atoms with Gasteiger partial charge in [-0.15, -0.1) is 23.5 Å². The van der Waals surface area contributed by atoms with Gasteiger partial charge >= 0.3 is 6.03 Å². The average molecular weight is 522 g/mol. The van der Waals surface area contributed by atoms with Crippen molar-refractivity contribution in [1.82, 2.24) is 10.3 Å². The van der Waals surface area contributed by atoms with E-state index < -0.39 is 0 Å². The molecule has 1 aromatic heterocycles. The molecule has 6 heteroatoms. The van der Waals surface area contributed by atoms with Crippen molar-refractivity contribution in [2.45, 2.75) is 69.7 Å². The Morgan fingerprint density at radius 1 is 0.972 bits per heavy atom. The lowest BCUT2D eigenvalue weighted by Gasteiger charge is -2.22. The van der Waals surface area contributed by atoms with E-state index in [-0.39, 0.29) is 11.9 Å². The Morgan fingerprint density at radius 3 is 2.44 bits per heavy atom. The summed E-state index contributed by atoms with van der Waals surface area (Å²) in [6, 6.07) is 19.1. The summed E-state index contributed by atoms with van der Waals surface area (Å²) in [6.07, 6.45) is 3.12. The van der Waals surface area contributed by atoms with Crippen molar-refractivity contribution < 1.29 is 4.79 Å². The van der Waals surface area contributed by atoms with Crippen molar-refractivity contribution in [3.05, 3.63) is 82.5 Å². The van der Waals surface area contributed by atoms with Gasteiger partial charge in [-0.05, 0) is 74.3 Å². The number of urea groups is 1. The van der Waals surface area contributed by atoms with Crippen molar-refractivity contribution in [1.29, 1.82) is 0 Å². The zero-order chi connectivity index (χ0) is 25.9. The molecule has 192 valence electrons. The molecular formula is C30H39N3OS2. The lowest BCUT2D eigenvalue weighted by molar-refractivity contribution is 0.251. The quantitative estimate of drug-likeness (QED) is 0.236. The van der Waals surface area contributed by atoms with E-state index >= 15 is 0 Å². The highest BCUT2D eigenvalue weighted by Gasteiger charge is 2.18. The molecule has 1 heterocycles. The van der Waals surface area contributed by atoms with Crippen molar-refractivity contribution in [2.75, 3.05) is 23.4 Å². The van der Waals surface area contributed by atoms with Crippen LogP contribution in [0.1, 0.15) is 60.6 Å². The summed E-state index contributed by atoms with van der Waals surface area (Å²) >= 11 is 3.40. The highest BCUT2D eigenvalue weighted by molar-refractivity contribution is 8.00. The van der Waals surface area contributed by atoms with Crippen LogP contribution in [0.2, 0.25) is 0 Å². The summed E-state index contributed by atoms with van der Waals surface area (Å²) in [6.45, 7) is 11.1. The number of hydrogen-bond donors (Lipinski definition) is 2. The van der Waals surface area contributed by atoms with Crippen molar-refractivity contribution >= 4 is 35.2 Å². The standard InChI is InChI=1S/C30H39N3OS2/c1-6-35-27-19-23(5)32-29(36-7-2)28(27)33-30(34)31-20-25(26-18-21(3)16-17-22(26)4)15-11-14-24-12-9-8-10-13-24/h8-10,12-13,16-19,25H,6-7,11,14-15,20H2,1-5H3,(H2,31,33,34). The summed E-state index contributed by atoms with van der Waals surface area (Å²) in [7, 11) is 0. The number of nitrogens with one attached hydrogen (secondary N) is 2. The van der Waals surface area contributed by atoms with Gasteiger partial charge in [0.05, 0.1) is 5.69 Å². The third-order valence-corrected chi connectivity index (χ3v) is 7.92. The predicted molar refractivity (Wildman–Crippen MR) is 157 cm³/mol. The first-order valence-electron chi connectivity index (χ1n) is 12.8. The zero-order valence-electron chi connectivity index (χ0n) is 22.2. The highest BCUT2D eigenvalue weighted by Crippen LogP contribution is 2.35. The van der Waals surface area contributed by atoms with E-state index in [0.29, 0.717) is 6.54 Å². The number of carbonyl (C=O) groups excluding carboxylic acids is 1. The normalized spacial score (nSPS) is 11.8. The number of hydrogen-bond acceptors (Lipinski definition) is 4. The maximum Gasteiger partial charge on any atom is 0.319 e.